The van der Waals surface area contributed by atoms with Crippen molar-refractivity contribution in [2.24, 2.45) is 0 Å². The molecule has 0 saturated carbocycles. The Bertz CT molecular complexity index is 1150. The molecule has 7 nitrogen and oxygen atoms in total. The highest BCUT2D eigenvalue weighted by Crippen LogP contribution is 2.38. The van der Waals surface area contributed by atoms with Crippen molar-refractivity contribution in [3.05, 3.63) is 29.3 Å². The zero-order valence-electron chi connectivity index (χ0n) is 29.5. The van der Waals surface area contributed by atoms with E-state index in [1.54, 1.807) is 0 Å². The predicted octanol–water partition coefficient (Wildman–Crippen LogP) is 9.02. The average molecular weight is 659 g/mol. The second kappa shape index (κ2) is 20.2. The van der Waals surface area contributed by atoms with Gasteiger partial charge in [0.05, 0.1) is 6.61 Å². The van der Waals surface area contributed by atoms with Crippen molar-refractivity contribution >= 4 is 18.1 Å². The molecule has 0 aliphatic rings. The molecule has 0 heterocycles. The fourth-order valence-electron chi connectivity index (χ4n) is 5.14. The highest BCUT2D eigenvalue weighted by Gasteiger charge is 2.33. The van der Waals surface area contributed by atoms with Gasteiger partial charge in [-0.2, -0.15) is 21.1 Å². The smallest absolute Gasteiger partial charge is 0.333 e. The van der Waals surface area contributed by atoms with E-state index >= 15 is 0 Å². The van der Waals surface area contributed by atoms with Gasteiger partial charge in [-0.25, -0.2) is 4.72 Å². The molecule has 258 valence electrons. The monoisotopic (exact) mass is 658 g/mol. The molecule has 0 atom stereocenters. The summed E-state index contributed by atoms with van der Waals surface area (Å²) in [5.41, 5.74) is 2.51. The first kappa shape index (κ1) is 40.9. The molecule has 0 amide bonds. The molecule has 0 radical (unpaired) electrons. The summed E-state index contributed by atoms with van der Waals surface area (Å²) in [5.74, 6) is 0.857. The highest BCUT2D eigenvalue weighted by atomic mass is 33.2. The third kappa shape index (κ3) is 13.7. The molecule has 1 aromatic rings. The van der Waals surface area contributed by atoms with Crippen LogP contribution in [0.1, 0.15) is 162 Å². The minimum atomic E-state index is -4.51. The molecule has 0 aromatic heterocycles. The minimum Gasteiger partial charge on any atom is -0.493 e. The van der Waals surface area contributed by atoms with E-state index < -0.39 is 18.1 Å². The third-order valence-electron chi connectivity index (χ3n) is 9.35. The topological polar surface area (TPSA) is 92.8 Å². The Balaban J connectivity index is 2.43. The Morgan fingerprint density at radius 1 is 0.705 bits per heavy atom. The van der Waals surface area contributed by atoms with Gasteiger partial charge in [0.1, 0.15) is 5.75 Å². The van der Waals surface area contributed by atoms with E-state index in [1.807, 2.05) is 0 Å². The second-order valence-corrected chi connectivity index (χ2v) is 19.0. The maximum atomic E-state index is 12.7. The van der Waals surface area contributed by atoms with Crippen molar-refractivity contribution in [2.75, 3.05) is 26.7 Å². The van der Waals surface area contributed by atoms with Crippen LogP contribution in [0.3, 0.4) is 0 Å². The van der Waals surface area contributed by atoms with Gasteiger partial charge < -0.3 is 4.74 Å². The van der Waals surface area contributed by atoms with Crippen LogP contribution < -0.4 is 9.46 Å². The van der Waals surface area contributed by atoms with Crippen molar-refractivity contribution in [1.29, 1.82) is 0 Å². The highest BCUT2D eigenvalue weighted by molar-refractivity contribution is 8.65. The molecule has 0 aliphatic heterocycles. The van der Waals surface area contributed by atoms with E-state index in [0.717, 1.165) is 42.2 Å². The Morgan fingerprint density at radius 3 is 1.75 bits per heavy atom. The van der Waals surface area contributed by atoms with Crippen molar-refractivity contribution in [3.63, 3.8) is 0 Å². The van der Waals surface area contributed by atoms with Gasteiger partial charge in [0, 0.05) is 25.7 Å². The van der Waals surface area contributed by atoms with Crippen LogP contribution in [0.15, 0.2) is 18.2 Å². The maximum absolute atomic E-state index is 12.7. The number of rotatable bonds is 26. The normalized spacial score (nSPS) is 13.1. The van der Waals surface area contributed by atoms with Crippen LogP contribution in [0.2, 0.25) is 0 Å². The van der Waals surface area contributed by atoms with E-state index in [9.17, 15) is 16.8 Å². The fraction of sp³-hybridized carbons (Fsp3) is 0.829. The molecule has 0 aliphatic carbocycles. The summed E-state index contributed by atoms with van der Waals surface area (Å²) >= 11 is 0. The molecule has 0 saturated heterocycles. The first-order valence-corrected chi connectivity index (χ1v) is 20.8. The SMILES string of the molecule is CCCCCCCCCCCCCCN(C)S(=O)(=O)S(=O)(=O)NCCCCOc1ccc(C(C)(C)CC)cc1C(C)(C)CC. The Labute approximate surface area is 271 Å². The van der Waals surface area contributed by atoms with E-state index in [1.165, 1.54) is 69.5 Å². The molecular weight excluding hydrogens is 593 g/mol. The van der Waals surface area contributed by atoms with Crippen LogP contribution in [0.5, 0.6) is 5.75 Å². The molecule has 0 spiro atoms. The Hall–Kier alpha value is -1.16. The minimum absolute atomic E-state index is 0.0432. The lowest BCUT2D eigenvalue weighted by molar-refractivity contribution is 0.296. The van der Waals surface area contributed by atoms with Gasteiger partial charge in [-0.1, -0.05) is 131 Å². The Kier molecular flexibility index (Phi) is 18.7. The van der Waals surface area contributed by atoms with E-state index in [0.29, 0.717) is 25.9 Å². The number of unbranched alkanes of at least 4 members (excludes halogenated alkanes) is 12. The molecule has 0 fully saturated rings. The van der Waals surface area contributed by atoms with Crippen molar-refractivity contribution in [2.45, 2.75) is 162 Å². The summed E-state index contributed by atoms with van der Waals surface area (Å²) in [6.45, 7) is 16.3. The average Bonchev–Trinajstić information content (AvgIpc) is 2.99. The predicted molar refractivity (Wildman–Crippen MR) is 187 cm³/mol. The van der Waals surface area contributed by atoms with Gasteiger partial charge in [0.25, 0.3) is 0 Å². The van der Waals surface area contributed by atoms with Crippen molar-refractivity contribution < 1.29 is 21.6 Å². The zero-order valence-corrected chi connectivity index (χ0v) is 31.1. The number of benzene rings is 1. The van der Waals surface area contributed by atoms with Crippen LogP contribution in [0.25, 0.3) is 0 Å². The lowest BCUT2D eigenvalue weighted by Gasteiger charge is -2.30. The molecule has 1 rings (SSSR count). The molecule has 44 heavy (non-hydrogen) atoms. The van der Waals surface area contributed by atoms with Gasteiger partial charge in [-0.15, -0.1) is 0 Å². The summed E-state index contributed by atoms with van der Waals surface area (Å²) in [4.78, 5) is 0. The van der Waals surface area contributed by atoms with Gasteiger partial charge >= 0.3 is 18.1 Å². The lowest BCUT2D eigenvalue weighted by atomic mass is 9.76. The first-order valence-electron chi connectivity index (χ1n) is 17.4. The van der Waals surface area contributed by atoms with Gasteiger partial charge in [-0.05, 0) is 54.6 Å². The first-order chi connectivity index (χ1) is 20.7. The van der Waals surface area contributed by atoms with Crippen LogP contribution >= 0.6 is 0 Å². The fourth-order valence-corrected chi connectivity index (χ4v) is 8.29. The van der Waals surface area contributed by atoms with Crippen LogP contribution in [-0.2, 0) is 28.9 Å². The summed E-state index contributed by atoms with van der Waals surface area (Å²) in [7, 11) is -7.63. The quantitative estimate of drug-likeness (QED) is 0.0792. The second-order valence-electron chi connectivity index (χ2n) is 13.8. The molecule has 1 aromatic carbocycles. The van der Waals surface area contributed by atoms with Crippen molar-refractivity contribution in [3.8, 4) is 5.75 Å². The number of ether oxygens (including phenoxy) is 1. The van der Waals surface area contributed by atoms with Crippen molar-refractivity contribution in [1.82, 2.24) is 9.03 Å². The summed E-state index contributed by atoms with van der Waals surface area (Å²) in [5, 5.41) is 0. The molecule has 1 N–H and O–H groups in total. The molecule has 0 unspecified atom stereocenters. The Morgan fingerprint density at radius 2 is 1.23 bits per heavy atom. The third-order valence-corrected chi connectivity index (χ3v) is 14.2. The van der Waals surface area contributed by atoms with Gasteiger partial charge in [-0.3, -0.25) is 0 Å². The lowest BCUT2D eigenvalue weighted by Crippen LogP contribution is -2.41. The number of nitrogens with zero attached hydrogens (tertiary/aromatic N) is 1. The van der Waals surface area contributed by atoms with Crippen LogP contribution in [-0.4, -0.2) is 47.9 Å². The summed E-state index contributed by atoms with van der Waals surface area (Å²) < 4.78 is 60.1. The van der Waals surface area contributed by atoms with E-state index in [2.05, 4.69) is 71.4 Å². The van der Waals surface area contributed by atoms with Gasteiger partial charge in [0.2, 0.25) is 0 Å². The van der Waals surface area contributed by atoms with Gasteiger partial charge in [0.15, 0.2) is 0 Å². The zero-order chi connectivity index (χ0) is 33.3. The summed E-state index contributed by atoms with van der Waals surface area (Å²) in [6, 6.07) is 6.47. The van der Waals surface area contributed by atoms with Crippen LogP contribution in [0, 0.1) is 0 Å². The molecule has 0 bridgehead atoms. The number of hydrogen-bond donors (Lipinski definition) is 1. The van der Waals surface area contributed by atoms with E-state index in [-0.39, 0.29) is 23.9 Å². The number of hydrogen-bond acceptors (Lipinski definition) is 5. The molecule has 9 heteroatoms. The summed E-state index contributed by atoms with van der Waals surface area (Å²) in [6.07, 6.45) is 17.3. The number of nitrogens with one attached hydrogen (secondary N) is 1. The maximum Gasteiger partial charge on any atom is 0.333 e. The molecular formula is C35H66N2O5S2. The van der Waals surface area contributed by atoms with Crippen LogP contribution in [0.4, 0.5) is 0 Å². The standard InChI is InChI=1S/C35H66N2O5S2/c1-9-12-13-14-15-16-17-18-19-20-21-23-28-37(8)44(40,41)43(38,39)36-27-22-24-29-42-33-26-25-31(34(4,5)10-2)30-32(33)35(6,7)11-3/h25-26,30,36H,9-24,27-29H2,1-8H3. The largest absolute Gasteiger partial charge is 0.493 e. The van der Waals surface area contributed by atoms with E-state index in [4.69, 9.17) is 4.74 Å².